The van der Waals surface area contributed by atoms with Crippen molar-refractivity contribution in [1.29, 1.82) is 0 Å². The van der Waals surface area contributed by atoms with Crippen LogP contribution in [0.15, 0.2) is 48.0 Å². The van der Waals surface area contributed by atoms with Crippen LogP contribution < -0.4 is 5.32 Å². The Morgan fingerprint density at radius 3 is 3.16 bits per heavy atom. The van der Waals surface area contributed by atoms with Crippen LogP contribution in [0.4, 0.5) is 0 Å². The monoisotopic (exact) mass is 261 g/mol. The van der Waals surface area contributed by atoms with E-state index in [1.54, 1.807) is 12.5 Å². The second kappa shape index (κ2) is 6.80. The molecule has 2 aromatic heterocycles. The van der Waals surface area contributed by atoms with Crippen molar-refractivity contribution in [3.63, 3.8) is 0 Å². The molecule has 1 N–H and O–H groups in total. The number of nitrogens with one attached hydrogen (secondary N) is 1. The van der Waals surface area contributed by atoms with Crippen LogP contribution in [0.3, 0.4) is 0 Å². The molecule has 0 aliphatic carbocycles. The van der Waals surface area contributed by atoms with Crippen LogP contribution in [0, 0.1) is 0 Å². The maximum absolute atomic E-state index is 5.49. The molecule has 0 spiro atoms. The molecular weight excluding hydrogens is 242 g/mol. The molecule has 0 bridgehead atoms. The fraction of sp³-hybridized carbons (Fsp3) is 0.357. The zero-order valence-electron chi connectivity index (χ0n) is 11.1. The Morgan fingerprint density at radius 1 is 1.63 bits per heavy atom. The first kappa shape index (κ1) is 13.4. The number of aryl methyl sites for hydroxylation is 1. The normalized spacial score (nSPS) is 12.3. The minimum Gasteiger partial charge on any atom is -0.502 e. The van der Waals surface area contributed by atoms with E-state index in [4.69, 9.17) is 9.15 Å². The molecule has 0 aliphatic heterocycles. The zero-order chi connectivity index (χ0) is 13.5. The molecule has 0 fully saturated rings. The van der Waals surface area contributed by atoms with E-state index in [-0.39, 0.29) is 6.04 Å². The molecule has 1 unspecified atom stereocenters. The van der Waals surface area contributed by atoms with E-state index in [0.717, 1.165) is 24.6 Å². The van der Waals surface area contributed by atoms with Crippen molar-refractivity contribution in [3.05, 3.63) is 55.2 Å². The maximum Gasteiger partial charge on any atom is 0.133 e. The van der Waals surface area contributed by atoms with Gasteiger partial charge in [-0.3, -0.25) is 0 Å². The highest BCUT2D eigenvalue weighted by atomic mass is 16.5. The molecule has 2 aromatic rings. The standard InChI is InChI=1S/C14H19N3O2/c1-3-18-10-5-7-15-13(12-6-4-11-19-12)14-16-8-9-17(14)2/h3-4,6,8-9,11,13,15H,1,5,7,10H2,2H3. The van der Waals surface area contributed by atoms with Crippen molar-refractivity contribution in [2.75, 3.05) is 13.2 Å². The van der Waals surface area contributed by atoms with Crippen molar-refractivity contribution in [2.45, 2.75) is 12.5 Å². The van der Waals surface area contributed by atoms with E-state index in [0.29, 0.717) is 6.61 Å². The number of imidazole rings is 1. The smallest absolute Gasteiger partial charge is 0.133 e. The van der Waals surface area contributed by atoms with E-state index in [9.17, 15) is 0 Å². The predicted octanol–water partition coefficient (Wildman–Crippen LogP) is 2.24. The minimum atomic E-state index is -0.0428. The summed E-state index contributed by atoms with van der Waals surface area (Å²) in [6, 6.07) is 3.79. The van der Waals surface area contributed by atoms with Gasteiger partial charge in [0.1, 0.15) is 17.6 Å². The Morgan fingerprint density at radius 2 is 2.53 bits per heavy atom. The summed E-state index contributed by atoms with van der Waals surface area (Å²) in [5.74, 6) is 1.79. The first-order valence-electron chi connectivity index (χ1n) is 6.29. The molecule has 0 radical (unpaired) electrons. The SMILES string of the molecule is C=COCCCNC(c1ccco1)c1nccn1C. The van der Waals surface area contributed by atoms with Crippen LogP contribution in [0.2, 0.25) is 0 Å². The predicted molar refractivity (Wildman–Crippen MR) is 72.5 cm³/mol. The molecule has 2 rings (SSSR count). The molecule has 0 aliphatic rings. The van der Waals surface area contributed by atoms with Crippen LogP contribution in [0.5, 0.6) is 0 Å². The van der Waals surface area contributed by atoms with Crippen molar-refractivity contribution in [3.8, 4) is 0 Å². The zero-order valence-corrected chi connectivity index (χ0v) is 11.1. The van der Waals surface area contributed by atoms with E-state index in [1.807, 2.05) is 29.9 Å². The third kappa shape index (κ3) is 3.48. The van der Waals surface area contributed by atoms with Crippen molar-refractivity contribution in [1.82, 2.24) is 14.9 Å². The highest BCUT2D eigenvalue weighted by Crippen LogP contribution is 2.20. The number of hydrogen-bond acceptors (Lipinski definition) is 4. The van der Waals surface area contributed by atoms with Gasteiger partial charge in [-0.1, -0.05) is 6.58 Å². The summed E-state index contributed by atoms with van der Waals surface area (Å²) in [6.07, 6.45) is 7.74. The highest BCUT2D eigenvalue weighted by Gasteiger charge is 2.19. The molecular formula is C14H19N3O2. The molecule has 5 heteroatoms. The summed E-state index contributed by atoms with van der Waals surface area (Å²) in [4.78, 5) is 4.38. The molecule has 0 saturated heterocycles. The second-order valence-corrected chi connectivity index (χ2v) is 4.19. The van der Waals surface area contributed by atoms with Gasteiger partial charge in [0.25, 0.3) is 0 Å². The summed E-state index contributed by atoms with van der Waals surface area (Å²) >= 11 is 0. The Kier molecular flexibility index (Phi) is 4.80. The van der Waals surface area contributed by atoms with Crippen molar-refractivity contribution >= 4 is 0 Å². The third-order valence-corrected chi connectivity index (χ3v) is 2.85. The lowest BCUT2D eigenvalue weighted by molar-refractivity contribution is 0.242. The summed E-state index contributed by atoms with van der Waals surface area (Å²) < 4.78 is 12.6. The molecule has 2 heterocycles. The topological polar surface area (TPSA) is 52.2 Å². The van der Waals surface area contributed by atoms with Gasteiger partial charge in [-0.15, -0.1) is 0 Å². The summed E-state index contributed by atoms with van der Waals surface area (Å²) in [5, 5.41) is 3.43. The lowest BCUT2D eigenvalue weighted by Crippen LogP contribution is -2.26. The fourth-order valence-corrected chi connectivity index (χ4v) is 1.92. The summed E-state index contributed by atoms with van der Waals surface area (Å²) in [6.45, 7) is 4.98. The number of aromatic nitrogens is 2. The van der Waals surface area contributed by atoms with Crippen LogP contribution in [-0.2, 0) is 11.8 Å². The molecule has 0 amide bonds. The molecule has 0 saturated carbocycles. The Labute approximate surface area is 112 Å². The molecule has 1 atom stereocenters. The average Bonchev–Trinajstić information content (AvgIpc) is 3.06. The lowest BCUT2D eigenvalue weighted by atomic mass is 10.2. The van der Waals surface area contributed by atoms with Crippen LogP contribution in [0.25, 0.3) is 0 Å². The number of hydrogen-bond donors (Lipinski definition) is 1. The van der Waals surface area contributed by atoms with Gasteiger partial charge in [0, 0.05) is 19.4 Å². The largest absolute Gasteiger partial charge is 0.502 e. The minimum absolute atomic E-state index is 0.0428. The van der Waals surface area contributed by atoms with Gasteiger partial charge < -0.3 is 19.0 Å². The maximum atomic E-state index is 5.49. The van der Waals surface area contributed by atoms with Crippen LogP contribution in [0.1, 0.15) is 24.0 Å². The lowest BCUT2D eigenvalue weighted by Gasteiger charge is -2.16. The van der Waals surface area contributed by atoms with Gasteiger partial charge in [0.2, 0.25) is 0 Å². The van der Waals surface area contributed by atoms with Crippen molar-refractivity contribution in [2.24, 2.45) is 7.05 Å². The van der Waals surface area contributed by atoms with Crippen LogP contribution in [-0.4, -0.2) is 22.7 Å². The van der Waals surface area contributed by atoms with E-state index in [2.05, 4.69) is 16.9 Å². The van der Waals surface area contributed by atoms with Crippen molar-refractivity contribution < 1.29 is 9.15 Å². The summed E-state index contributed by atoms with van der Waals surface area (Å²) in [7, 11) is 1.97. The van der Waals surface area contributed by atoms with E-state index < -0.39 is 0 Å². The van der Waals surface area contributed by atoms with E-state index in [1.165, 1.54) is 6.26 Å². The van der Waals surface area contributed by atoms with E-state index >= 15 is 0 Å². The number of rotatable bonds is 8. The first-order valence-corrected chi connectivity index (χ1v) is 6.29. The number of furan rings is 1. The third-order valence-electron chi connectivity index (χ3n) is 2.85. The first-order chi connectivity index (χ1) is 9.33. The Hall–Kier alpha value is -2.01. The molecule has 19 heavy (non-hydrogen) atoms. The van der Waals surface area contributed by atoms with Gasteiger partial charge >= 0.3 is 0 Å². The molecule has 102 valence electrons. The number of nitrogens with zero attached hydrogens (tertiary/aromatic N) is 2. The summed E-state index contributed by atoms with van der Waals surface area (Å²) in [5.41, 5.74) is 0. The Balaban J connectivity index is 2.00. The van der Waals surface area contributed by atoms with Gasteiger partial charge in [-0.05, 0) is 25.1 Å². The van der Waals surface area contributed by atoms with Crippen LogP contribution >= 0.6 is 0 Å². The van der Waals surface area contributed by atoms with Gasteiger partial charge in [-0.2, -0.15) is 0 Å². The van der Waals surface area contributed by atoms with Gasteiger partial charge in [-0.25, -0.2) is 4.98 Å². The highest BCUT2D eigenvalue weighted by molar-refractivity contribution is 5.15. The Bertz CT molecular complexity index is 491. The average molecular weight is 261 g/mol. The second-order valence-electron chi connectivity index (χ2n) is 4.19. The van der Waals surface area contributed by atoms with Gasteiger partial charge in [0.15, 0.2) is 0 Å². The molecule has 5 nitrogen and oxygen atoms in total. The van der Waals surface area contributed by atoms with Gasteiger partial charge in [0.05, 0.1) is 19.1 Å². The molecule has 0 aromatic carbocycles. The number of ether oxygens (including phenoxy) is 1. The quantitative estimate of drug-likeness (QED) is 0.585. The fourth-order valence-electron chi connectivity index (χ4n) is 1.92.